The highest BCUT2D eigenvalue weighted by Gasteiger charge is 2.08. The van der Waals surface area contributed by atoms with Crippen molar-refractivity contribution in [2.45, 2.75) is 27.2 Å². The Morgan fingerprint density at radius 3 is 2.53 bits per heavy atom. The fourth-order valence-corrected chi connectivity index (χ4v) is 1.90. The number of aryl methyl sites for hydroxylation is 1. The summed E-state index contributed by atoms with van der Waals surface area (Å²) in [5.74, 6) is 3.52. The smallest absolute Gasteiger partial charge is 0.134 e. The first-order chi connectivity index (χ1) is 9.20. The van der Waals surface area contributed by atoms with Crippen molar-refractivity contribution in [2.75, 3.05) is 23.7 Å². The van der Waals surface area contributed by atoms with Gasteiger partial charge in [-0.3, -0.25) is 0 Å². The van der Waals surface area contributed by atoms with Crippen molar-refractivity contribution < 1.29 is 4.42 Å². The lowest BCUT2D eigenvalue weighted by Gasteiger charge is -2.13. The van der Waals surface area contributed by atoms with Gasteiger partial charge in [0.25, 0.3) is 0 Å². The van der Waals surface area contributed by atoms with Crippen LogP contribution in [0.5, 0.6) is 0 Å². The molecule has 0 bridgehead atoms. The average molecular weight is 260 g/mol. The summed E-state index contributed by atoms with van der Waals surface area (Å²) in [6.07, 6.45) is 2.53. The van der Waals surface area contributed by atoms with Crippen LogP contribution in [0.1, 0.15) is 24.1 Å². The molecule has 0 amide bonds. The Morgan fingerprint density at radius 2 is 1.89 bits per heavy atom. The first-order valence-electron chi connectivity index (χ1n) is 6.56. The normalized spacial score (nSPS) is 10.5. The topological polar surface area (TPSA) is 63.0 Å². The van der Waals surface area contributed by atoms with E-state index in [2.05, 4.69) is 27.5 Å². The molecule has 0 aliphatic rings. The summed E-state index contributed by atoms with van der Waals surface area (Å²) >= 11 is 0. The minimum absolute atomic E-state index is 0.766. The van der Waals surface area contributed by atoms with Crippen LogP contribution in [0.4, 0.5) is 11.6 Å². The van der Waals surface area contributed by atoms with Crippen molar-refractivity contribution >= 4 is 11.6 Å². The van der Waals surface area contributed by atoms with Crippen LogP contribution in [0.2, 0.25) is 0 Å². The van der Waals surface area contributed by atoms with Crippen molar-refractivity contribution in [1.29, 1.82) is 0 Å². The maximum Gasteiger partial charge on any atom is 0.134 e. The van der Waals surface area contributed by atoms with Gasteiger partial charge in [0.15, 0.2) is 0 Å². The first kappa shape index (κ1) is 13.4. The molecule has 19 heavy (non-hydrogen) atoms. The fraction of sp³-hybridized carbons (Fsp3) is 0.429. The van der Waals surface area contributed by atoms with Gasteiger partial charge in [0, 0.05) is 25.1 Å². The second kappa shape index (κ2) is 6.22. The van der Waals surface area contributed by atoms with Gasteiger partial charge in [-0.2, -0.15) is 0 Å². The predicted octanol–water partition coefficient (Wildman–Crippen LogP) is 2.77. The zero-order valence-electron chi connectivity index (χ0n) is 11.7. The number of nitrogens with zero attached hydrogens (tertiary/aromatic N) is 2. The molecule has 0 aliphatic carbocycles. The molecule has 0 aromatic carbocycles. The Bertz CT molecular complexity index is 522. The lowest BCUT2D eigenvalue weighted by atomic mass is 10.2. The van der Waals surface area contributed by atoms with Crippen LogP contribution < -0.4 is 10.6 Å². The SMILES string of the molecule is CCNc1nc(C)nc(NCCc2ccco2)c1C. The van der Waals surface area contributed by atoms with Crippen LogP contribution in [-0.2, 0) is 6.42 Å². The third-order valence-corrected chi connectivity index (χ3v) is 2.85. The predicted molar refractivity (Wildman–Crippen MR) is 76.6 cm³/mol. The molecule has 5 heteroatoms. The van der Waals surface area contributed by atoms with E-state index >= 15 is 0 Å². The molecular weight excluding hydrogens is 240 g/mol. The Morgan fingerprint density at radius 1 is 1.16 bits per heavy atom. The summed E-state index contributed by atoms with van der Waals surface area (Å²) in [6, 6.07) is 3.88. The quantitative estimate of drug-likeness (QED) is 0.836. The van der Waals surface area contributed by atoms with Crippen LogP contribution in [0.25, 0.3) is 0 Å². The van der Waals surface area contributed by atoms with Gasteiger partial charge in [0.2, 0.25) is 0 Å². The van der Waals surface area contributed by atoms with E-state index in [0.717, 1.165) is 48.3 Å². The number of hydrogen-bond donors (Lipinski definition) is 2. The summed E-state index contributed by atoms with van der Waals surface area (Å²) in [6.45, 7) is 7.62. The fourth-order valence-electron chi connectivity index (χ4n) is 1.90. The Hall–Kier alpha value is -2.04. The molecule has 0 spiro atoms. The van der Waals surface area contributed by atoms with Crippen molar-refractivity contribution in [1.82, 2.24) is 9.97 Å². The highest BCUT2D eigenvalue weighted by molar-refractivity contribution is 5.57. The van der Waals surface area contributed by atoms with Gasteiger partial charge in [0.1, 0.15) is 23.2 Å². The molecular formula is C14H20N4O. The lowest BCUT2D eigenvalue weighted by molar-refractivity contribution is 0.513. The first-order valence-corrected chi connectivity index (χ1v) is 6.56. The number of hydrogen-bond acceptors (Lipinski definition) is 5. The molecule has 0 aliphatic heterocycles. The molecule has 0 unspecified atom stereocenters. The van der Waals surface area contributed by atoms with Crippen molar-refractivity contribution in [2.24, 2.45) is 0 Å². The Labute approximate surface area is 113 Å². The average Bonchev–Trinajstić information content (AvgIpc) is 2.88. The largest absolute Gasteiger partial charge is 0.469 e. The molecule has 2 aromatic rings. The van der Waals surface area contributed by atoms with Crippen LogP contribution >= 0.6 is 0 Å². The highest BCUT2D eigenvalue weighted by atomic mass is 16.3. The van der Waals surface area contributed by atoms with E-state index in [1.54, 1.807) is 6.26 Å². The van der Waals surface area contributed by atoms with Gasteiger partial charge in [-0.1, -0.05) is 0 Å². The van der Waals surface area contributed by atoms with Crippen LogP contribution in [0.15, 0.2) is 22.8 Å². The zero-order valence-corrected chi connectivity index (χ0v) is 11.7. The van der Waals surface area contributed by atoms with Gasteiger partial charge in [-0.05, 0) is 32.9 Å². The van der Waals surface area contributed by atoms with Gasteiger partial charge in [0.05, 0.1) is 6.26 Å². The Kier molecular flexibility index (Phi) is 4.39. The van der Waals surface area contributed by atoms with E-state index in [9.17, 15) is 0 Å². The third kappa shape index (κ3) is 3.47. The number of anilines is 2. The molecule has 0 atom stereocenters. The van der Waals surface area contributed by atoms with E-state index in [-0.39, 0.29) is 0 Å². The summed E-state index contributed by atoms with van der Waals surface area (Å²) in [4.78, 5) is 8.84. The number of rotatable bonds is 6. The number of furan rings is 1. The molecule has 0 saturated carbocycles. The van der Waals surface area contributed by atoms with Crippen molar-refractivity contribution in [3.8, 4) is 0 Å². The summed E-state index contributed by atoms with van der Waals surface area (Å²) < 4.78 is 5.30. The standard InChI is InChI=1S/C14H20N4O/c1-4-15-13-10(2)14(18-11(3)17-13)16-8-7-12-6-5-9-19-12/h5-6,9H,4,7-8H2,1-3H3,(H2,15,16,17,18). The van der Waals surface area contributed by atoms with Gasteiger partial charge in [-0.25, -0.2) is 9.97 Å². The molecule has 2 N–H and O–H groups in total. The van der Waals surface area contributed by atoms with Crippen LogP contribution in [-0.4, -0.2) is 23.1 Å². The lowest BCUT2D eigenvalue weighted by Crippen LogP contribution is -2.11. The maximum atomic E-state index is 5.30. The van der Waals surface area contributed by atoms with E-state index in [0.29, 0.717) is 0 Å². The van der Waals surface area contributed by atoms with Gasteiger partial charge in [-0.15, -0.1) is 0 Å². The minimum atomic E-state index is 0.766. The van der Waals surface area contributed by atoms with Crippen molar-refractivity contribution in [3.63, 3.8) is 0 Å². The maximum absolute atomic E-state index is 5.30. The van der Waals surface area contributed by atoms with Gasteiger partial charge >= 0.3 is 0 Å². The minimum Gasteiger partial charge on any atom is -0.469 e. The van der Waals surface area contributed by atoms with Crippen LogP contribution in [0, 0.1) is 13.8 Å². The zero-order chi connectivity index (χ0) is 13.7. The monoisotopic (exact) mass is 260 g/mol. The molecule has 2 rings (SSSR count). The molecule has 102 valence electrons. The van der Waals surface area contributed by atoms with Crippen LogP contribution in [0.3, 0.4) is 0 Å². The number of aromatic nitrogens is 2. The van der Waals surface area contributed by atoms with Gasteiger partial charge < -0.3 is 15.1 Å². The molecule has 2 heterocycles. The molecule has 0 saturated heterocycles. The summed E-state index contributed by atoms with van der Waals surface area (Å²) in [7, 11) is 0. The molecule has 0 radical (unpaired) electrons. The molecule has 5 nitrogen and oxygen atoms in total. The Balaban J connectivity index is 2.02. The highest BCUT2D eigenvalue weighted by Crippen LogP contribution is 2.19. The second-order valence-corrected chi connectivity index (χ2v) is 4.38. The second-order valence-electron chi connectivity index (χ2n) is 4.38. The van der Waals surface area contributed by atoms with E-state index in [1.807, 2.05) is 26.0 Å². The molecule has 0 fully saturated rings. The third-order valence-electron chi connectivity index (χ3n) is 2.85. The summed E-state index contributed by atoms with van der Waals surface area (Å²) in [5.41, 5.74) is 1.05. The van der Waals surface area contributed by atoms with E-state index in [4.69, 9.17) is 4.42 Å². The van der Waals surface area contributed by atoms with E-state index < -0.39 is 0 Å². The summed E-state index contributed by atoms with van der Waals surface area (Å²) in [5, 5.41) is 6.59. The van der Waals surface area contributed by atoms with E-state index in [1.165, 1.54) is 0 Å². The molecule has 2 aromatic heterocycles. The van der Waals surface area contributed by atoms with Crippen molar-refractivity contribution in [3.05, 3.63) is 35.5 Å². The number of nitrogens with one attached hydrogen (secondary N) is 2.